The van der Waals surface area contributed by atoms with Gasteiger partial charge in [0.15, 0.2) is 0 Å². The fourth-order valence-electron chi connectivity index (χ4n) is 2.98. The number of benzene rings is 2. The first-order chi connectivity index (χ1) is 14.1. The minimum atomic E-state index is -4.29. The molecule has 0 fully saturated rings. The highest BCUT2D eigenvalue weighted by molar-refractivity contribution is 7.92. The lowest BCUT2D eigenvalue weighted by Crippen LogP contribution is -2.34. The zero-order valence-corrected chi connectivity index (χ0v) is 18.5. The molecule has 2 aromatic carbocycles. The van der Waals surface area contributed by atoms with E-state index in [0.717, 1.165) is 27.4 Å². The Bertz CT molecular complexity index is 1150. The first-order valence-corrected chi connectivity index (χ1v) is 11.6. The van der Waals surface area contributed by atoms with Gasteiger partial charge in [-0.25, -0.2) is 22.2 Å². The molecule has 0 aliphatic rings. The average molecular weight is 473 g/mol. The van der Waals surface area contributed by atoms with Gasteiger partial charge in [0.1, 0.15) is 16.6 Å². The van der Waals surface area contributed by atoms with Crippen LogP contribution in [0.3, 0.4) is 0 Å². The van der Waals surface area contributed by atoms with Crippen LogP contribution in [-0.4, -0.2) is 25.1 Å². The minimum Gasteiger partial charge on any atom is -0.396 e. The first kappa shape index (κ1) is 22.6. The number of nitrogens with zero attached hydrogens (tertiary/aromatic N) is 2. The fraction of sp³-hybridized carbons (Fsp3) is 0.250. The lowest BCUT2D eigenvalue weighted by atomic mass is 10.2. The molecule has 0 amide bonds. The first-order valence-electron chi connectivity index (χ1n) is 8.97. The molecular formula is C20H19ClF2N2O3S2. The summed E-state index contributed by atoms with van der Waals surface area (Å²) in [6.07, 6.45) is 0.370. The molecule has 5 nitrogen and oxygen atoms in total. The summed E-state index contributed by atoms with van der Waals surface area (Å²) in [5.41, 5.74) is 0.230. The average Bonchev–Trinajstić information content (AvgIpc) is 3.06. The van der Waals surface area contributed by atoms with E-state index in [1.807, 2.05) is 0 Å². The summed E-state index contributed by atoms with van der Waals surface area (Å²) in [4.78, 5) is 5.09. The van der Waals surface area contributed by atoms with Crippen LogP contribution in [0.5, 0.6) is 0 Å². The predicted molar refractivity (Wildman–Crippen MR) is 114 cm³/mol. The maximum Gasteiger partial charge on any atom is 0.265 e. The maximum atomic E-state index is 14.7. The van der Waals surface area contributed by atoms with Crippen LogP contribution in [0.25, 0.3) is 0 Å². The topological polar surface area (TPSA) is 70.5 Å². The summed E-state index contributed by atoms with van der Waals surface area (Å²) in [7, 11) is -4.29. The van der Waals surface area contributed by atoms with Gasteiger partial charge in [0.25, 0.3) is 10.0 Å². The van der Waals surface area contributed by atoms with Gasteiger partial charge >= 0.3 is 0 Å². The largest absolute Gasteiger partial charge is 0.396 e. The highest BCUT2D eigenvalue weighted by Gasteiger charge is 2.34. The van der Waals surface area contributed by atoms with Crippen molar-refractivity contribution in [3.63, 3.8) is 0 Å². The van der Waals surface area contributed by atoms with Crippen molar-refractivity contribution in [1.82, 2.24) is 4.98 Å². The predicted octanol–water partition coefficient (Wildman–Crippen LogP) is 4.87. The Kier molecular flexibility index (Phi) is 6.76. The number of thiazole rings is 1. The van der Waals surface area contributed by atoms with Gasteiger partial charge in [-0.3, -0.25) is 4.31 Å². The van der Waals surface area contributed by atoms with E-state index in [-0.39, 0.29) is 11.5 Å². The number of rotatable bonds is 7. The summed E-state index contributed by atoms with van der Waals surface area (Å²) in [6.45, 7) is 3.22. The molecule has 0 aliphatic carbocycles. The van der Waals surface area contributed by atoms with E-state index in [9.17, 15) is 22.3 Å². The lowest BCUT2D eigenvalue weighted by molar-refractivity contribution is 0.300. The molecule has 1 unspecified atom stereocenters. The van der Waals surface area contributed by atoms with Gasteiger partial charge in [0.05, 0.1) is 22.3 Å². The van der Waals surface area contributed by atoms with Crippen molar-refractivity contribution in [2.24, 2.45) is 0 Å². The van der Waals surface area contributed by atoms with Crippen LogP contribution in [0.2, 0.25) is 5.02 Å². The Labute approximate surface area is 182 Å². The third-order valence-electron chi connectivity index (χ3n) is 4.47. The Morgan fingerprint density at radius 2 is 1.87 bits per heavy atom. The van der Waals surface area contributed by atoms with Crippen molar-refractivity contribution in [3.8, 4) is 0 Å². The Morgan fingerprint density at radius 1 is 1.20 bits per heavy atom. The van der Waals surface area contributed by atoms with Crippen LogP contribution >= 0.6 is 22.9 Å². The third kappa shape index (κ3) is 4.49. The molecule has 0 bridgehead atoms. The molecule has 0 radical (unpaired) electrons. The van der Waals surface area contributed by atoms with Crippen molar-refractivity contribution in [1.29, 1.82) is 0 Å². The highest BCUT2D eigenvalue weighted by Crippen LogP contribution is 2.37. The van der Waals surface area contributed by atoms with Crippen LogP contribution in [0.1, 0.15) is 28.5 Å². The standard InChI is InChI=1S/C20H19ClF2N2O3S2/c1-12-19(9-10-26)29-20(24-12)13(2)25(18-11-15(22)5-8-17(18)23)30(27,28)16-6-3-14(21)4-7-16/h3-8,11,13,26H,9-10H2,1-2H3. The van der Waals surface area contributed by atoms with Crippen molar-refractivity contribution < 1.29 is 22.3 Å². The number of hydrogen-bond acceptors (Lipinski definition) is 5. The molecule has 30 heavy (non-hydrogen) atoms. The number of aliphatic hydroxyl groups is 1. The molecule has 0 spiro atoms. The molecule has 3 aromatic rings. The van der Waals surface area contributed by atoms with Gasteiger partial charge in [-0.2, -0.15) is 0 Å². The molecule has 1 aromatic heterocycles. The molecule has 1 atom stereocenters. The summed E-state index contributed by atoms with van der Waals surface area (Å²) < 4.78 is 56.4. The smallest absolute Gasteiger partial charge is 0.265 e. The zero-order chi connectivity index (χ0) is 22.1. The van der Waals surface area contributed by atoms with Gasteiger partial charge in [0, 0.05) is 29.0 Å². The molecule has 1 N–H and O–H groups in total. The summed E-state index contributed by atoms with van der Waals surface area (Å²) in [6, 6.07) is 7.14. The van der Waals surface area contributed by atoms with E-state index >= 15 is 0 Å². The molecular weight excluding hydrogens is 454 g/mol. The number of anilines is 1. The third-order valence-corrected chi connectivity index (χ3v) is 8.01. The number of hydrogen-bond donors (Lipinski definition) is 1. The second-order valence-corrected chi connectivity index (χ2v) is 9.93. The van der Waals surface area contributed by atoms with Crippen LogP contribution in [0.4, 0.5) is 14.5 Å². The van der Waals surface area contributed by atoms with Gasteiger partial charge in [-0.15, -0.1) is 11.3 Å². The monoisotopic (exact) mass is 472 g/mol. The summed E-state index contributed by atoms with van der Waals surface area (Å²) >= 11 is 7.09. The van der Waals surface area contributed by atoms with Crippen molar-refractivity contribution in [3.05, 3.63) is 74.7 Å². The molecule has 0 saturated carbocycles. The van der Waals surface area contributed by atoms with Crippen LogP contribution in [-0.2, 0) is 16.4 Å². The van der Waals surface area contributed by atoms with Crippen LogP contribution in [0.15, 0.2) is 47.4 Å². The number of aromatic nitrogens is 1. The molecule has 0 aliphatic heterocycles. The van der Waals surface area contributed by atoms with Gasteiger partial charge in [-0.1, -0.05) is 11.6 Å². The second-order valence-electron chi connectivity index (χ2n) is 6.56. The van der Waals surface area contributed by atoms with Crippen LogP contribution < -0.4 is 4.31 Å². The van der Waals surface area contributed by atoms with Crippen molar-refractivity contribution >= 4 is 38.6 Å². The van der Waals surface area contributed by atoms with Crippen molar-refractivity contribution in [2.75, 3.05) is 10.9 Å². The van der Waals surface area contributed by atoms with E-state index in [4.69, 9.17) is 11.6 Å². The molecule has 3 rings (SSSR count). The maximum absolute atomic E-state index is 14.7. The Hall–Kier alpha value is -2.07. The Morgan fingerprint density at radius 3 is 2.50 bits per heavy atom. The summed E-state index contributed by atoms with van der Waals surface area (Å²) in [5.74, 6) is -1.66. The van der Waals surface area contributed by atoms with Gasteiger partial charge in [0.2, 0.25) is 0 Å². The Balaban J connectivity index is 2.18. The number of aryl methyl sites for hydroxylation is 1. The highest BCUT2D eigenvalue weighted by atomic mass is 35.5. The van der Waals surface area contributed by atoms with E-state index in [1.54, 1.807) is 13.8 Å². The number of sulfonamides is 1. The molecule has 0 saturated heterocycles. The van der Waals surface area contributed by atoms with E-state index < -0.39 is 33.4 Å². The SMILES string of the molecule is Cc1nc(C(C)N(c2cc(F)ccc2F)S(=O)(=O)c2ccc(Cl)cc2)sc1CCO. The zero-order valence-electron chi connectivity index (χ0n) is 16.1. The fourth-order valence-corrected chi connectivity index (χ4v) is 5.90. The van der Waals surface area contributed by atoms with E-state index in [1.165, 1.54) is 35.6 Å². The summed E-state index contributed by atoms with van der Waals surface area (Å²) in [5, 5.41) is 9.96. The van der Waals surface area contributed by atoms with E-state index in [2.05, 4.69) is 4.98 Å². The van der Waals surface area contributed by atoms with Gasteiger partial charge in [-0.05, 0) is 50.2 Å². The quantitative estimate of drug-likeness (QED) is 0.532. The van der Waals surface area contributed by atoms with Gasteiger partial charge < -0.3 is 5.11 Å². The molecule has 160 valence electrons. The molecule has 10 heteroatoms. The van der Waals surface area contributed by atoms with E-state index in [0.29, 0.717) is 22.1 Å². The van der Waals surface area contributed by atoms with Crippen molar-refractivity contribution in [2.45, 2.75) is 31.2 Å². The second kappa shape index (κ2) is 8.97. The normalized spacial score (nSPS) is 12.7. The van der Waals surface area contributed by atoms with Crippen LogP contribution in [0, 0.1) is 18.6 Å². The molecule has 1 heterocycles. The lowest BCUT2D eigenvalue weighted by Gasteiger charge is -2.29. The number of halogens is 3. The minimum absolute atomic E-state index is 0.0812. The number of aliphatic hydroxyl groups excluding tert-OH is 1.